The van der Waals surface area contributed by atoms with Gasteiger partial charge in [-0.25, -0.2) is 5.43 Å². The minimum Gasteiger partial charge on any atom is -0.503 e. The van der Waals surface area contributed by atoms with E-state index in [1.165, 1.54) is 20.2 Å². The maximum absolute atomic E-state index is 12.2. The Kier molecular flexibility index (Phi) is 7.37. The van der Waals surface area contributed by atoms with Gasteiger partial charge in [0.05, 0.1) is 23.5 Å². The lowest BCUT2D eigenvalue weighted by molar-refractivity contribution is -0.131. The number of hydrogen-bond donors (Lipinski definition) is 3. The minimum absolute atomic E-state index is 0.0314. The van der Waals surface area contributed by atoms with Gasteiger partial charge in [0.2, 0.25) is 5.91 Å². The Morgan fingerprint density at radius 3 is 2.56 bits per heavy atom. The molecule has 2 amide bonds. The van der Waals surface area contributed by atoms with Crippen molar-refractivity contribution >= 4 is 55.6 Å². The number of halogens is 2. The predicted molar refractivity (Wildman–Crippen MR) is 110 cm³/mol. The first-order valence-corrected chi connectivity index (χ1v) is 9.37. The first-order chi connectivity index (χ1) is 12.8. The molecule has 2 aromatic carbocycles. The zero-order valence-electron chi connectivity index (χ0n) is 14.5. The van der Waals surface area contributed by atoms with E-state index in [1.807, 2.05) is 6.07 Å². The van der Waals surface area contributed by atoms with Crippen LogP contribution < -0.4 is 15.5 Å². The normalized spacial score (nSPS) is 11.9. The summed E-state index contributed by atoms with van der Waals surface area (Å²) in [5.41, 5.74) is 3.48. The lowest BCUT2D eigenvalue weighted by atomic mass is 10.1. The van der Waals surface area contributed by atoms with E-state index < -0.39 is 17.7 Å². The molecule has 2 rings (SSSR count). The van der Waals surface area contributed by atoms with E-state index in [9.17, 15) is 14.7 Å². The van der Waals surface area contributed by atoms with E-state index in [4.69, 9.17) is 4.74 Å². The van der Waals surface area contributed by atoms with Crippen LogP contribution in [0.15, 0.2) is 50.4 Å². The molecule has 1 unspecified atom stereocenters. The fourth-order valence-corrected chi connectivity index (χ4v) is 2.86. The number of rotatable bonds is 6. The maximum Gasteiger partial charge on any atom is 0.252 e. The quantitative estimate of drug-likeness (QED) is 0.321. The third-order valence-corrected chi connectivity index (χ3v) is 4.87. The van der Waals surface area contributed by atoms with E-state index in [1.54, 1.807) is 30.3 Å². The molecule has 9 heteroatoms. The molecule has 142 valence electrons. The number of hydrazone groups is 1. The van der Waals surface area contributed by atoms with Gasteiger partial charge < -0.3 is 15.2 Å². The van der Waals surface area contributed by atoms with Crippen molar-refractivity contribution in [2.75, 3.05) is 12.4 Å². The Bertz CT molecular complexity index is 887. The van der Waals surface area contributed by atoms with Crippen LogP contribution in [0, 0.1) is 5.92 Å². The van der Waals surface area contributed by atoms with Gasteiger partial charge in [0.25, 0.3) is 5.91 Å². The first-order valence-electron chi connectivity index (χ1n) is 7.78. The second kappa shape index (κ2) is 9.52. The largest absolute Gasteiger partial charge is 0.503 e. The molecule has 0 spiro atoms. The first kappa shape index (κ1) is 20.9. The minimum atomic E-state index is -0.949. The average Bonchev–Trinajstić information content (AvgIpc) is 2.65. The molecule has 0 saturated heterocycles. The molecule has 0 bridgehead atoms. The number of carbonyl (C=O) groups is 2. The van der Waals surface area contributed by atoms with Crippen molar-refractivity contribution < 1.29 is 19.4 Å². The molecule has 0 aliphatic carbocycles. The molecular weight excluding hydrogens is 482 g/mol. The number of carbonyl (C=O) groups excluding carboxylic acids is 2. The van der Waals surface area contributed by atoms with Crippen LogP contribution in [0.25, 0.3) is 0 Å². The number of methoxy groups -OCH3 is 1. The van der Waals surface area contributed by atoms with Crippen LogP contribution in [0.3, 0.4) is 0 Å². The van der Waals surface area contributed by atoms with Crippen LogP contribution in [0.4, 0.5) is 5.69 Å². The second-order valence-electron chi connectivity index (χ2n) is 5.48. The monoisotopic (exact) mass is 497 g/mol. The SMILES string of the molecule is COc1cc(C=NNC(=O)C(C)C(=O)Nc2ccccc2Br)cc(Br)c1O. The molecule has 1 atom stereocenters. The number of aromatic hydroxyl groups is 1. The van der Waals surface area contributed by atoms with Gasteiger partial charge >= 0.3 is 0 Å². The highest BCUT2D eigenvalue weighted by atomic mass is 79.9. The number of phenols is 1. The van der Waals surface area contributed by atoms with Crippen molar-refractivity contribution in [2.45, 2.75) is 6.92 Å². The molecule has 0 heterocycles. The van der Waals surface area contributed by atoms with Crippen LogP contribution in [0.2, 0.25) is 0 Å². The number of nitrogens with one attached hydrogen (secondary N) is 2. The number of ether oxygens (including phenoxy) is 1. The third kappa shape index (κ3) is 5.54. The third-order valence-electron chi connectivity index (χ3n) is 3.58. The fourth-order valence-electron chi connectivity index (χ4n) is 2.01. The number of nitrogens with zero attached hydrogens (tertiary/aromatic N) is 1. The van der Waals surface area contributed by atoms with Gasteiger partial charge in [-0.3, -0.25) is 9.59 Å². The molecule has 3 N–H and O–H groups in total. The standard InChI is InChI=1S/C18H17Br2N3O4/c1-10(17(25)22-14-6-4-3-5-12(14)19)18(26)23-21-9-11-7-13(20)16(24)15(8-11)27-2/h3-10,24H,1-2H3,(H,22,25)(H,23,26). The summed E-state index contributed by atoms with van der Waals surface area (Å²) in [5, 5.41) is 16.3. The Morgan fingerprint density at radius 2 is 1.89 bits per heavy atom. The number of phenolic OH excluding ortho intramolecular Hbond substituents is 1. The van der Waals surface area contributed by atoms with Crippen molar-refractivity contribution in [1.29, 1.82) is 0 Å². The van der Waals surface area contributed by atoms with Gasteiger partial charge in [0.15, 0.2) is 11.5 Å². The smallest absolute Gasteiger partial charge is 0.252 e. The lowest BCUT2D eigenvalue weighted by Crippen LogP contribution is -2.34. The van der Waals surface area contributed by atoms with Gasteiger partial charge in [0.1, 0.15) is 5.92 Å². The summed E-state index contributed by atoms with van der Waals surface area (Å²) in [6, 6.07) is 10.3. The molecule has 0 radical (unpaired) electrons. The van der Waals surface area contributed by atoms with Crippen molar-refractivity contribution in [3.63, 3.8) is 0 Å². The fraction of sp³-hybridized carbons (Fsp3) is 0.167. The number of para-hydroxylation sites is 1. The summed E-state index contributed by atoms with van der Waals surface area (Å²) in [7, 11) is 1.43. The molecule has 27 heavy (non-hydrogen) atoms. The molecule has 0 saturated carbocycles. The van der Waals surface area contributed by atoms with Crippen molar-refractivity contribution in [3.05, 3.63) is 50.9 Å². The van der Waals surface area contributed by atoms with Crippen LogP contribution in [-0.2, 0) is 9.59 Å². The van der Waals surface area contributed by atoms with E-state index in [0.717, 1.165) is 4.47 Å². The average molecular weight is 499 g/mol. The number of hydrogen-bond acceptors (Lipinski definition) is 5. The van der Waals surface area contributed by atoms with Gasteiger partial charge in [-0.15, -0.1) is 0 Å². The Morgan fingerprint density at radius 1 is 1.19 bits per heavy atom. The van der Waals surface area contributed by atoms with Crippen LogP contribution in [0.1, 0.15) is 12.5 Å². The highest BCUT2D eigenvalue weighted by molar-refractivity contribution is 9.11. The second-order valence-corrected chi connectivity index (χ2v) is 7.19. The lowest BCUT2D eigenvalue weighted by Gasteiger charge is -2.11. The van der Waals surface area contributed by atoms with Crippen LogP contribution >= 0.6 is 31.9 Å². The molecule has 2 aromatic rings. The van der Waals surface area contributed by atoms with Gasteiger partial charge in [-0.2, -0.15) is 5.10 Å². The number of anilines is 1. The van der Waals surface area contributed by atoms with E-state index in [-0.39, 0.29) is 11.5 Å². The summed E-state index contributed by atoms with van der Waals surface area (Å²) >= 11 is 6.53. The summed E-state index contributed by atoms with van der Waals surface area (Å²) in [6.45, 7) is 1.48. The topological polar surface area (TPSA) is 100 Å². The summed E-state index contributed by atoms with van der Waals surface area (Å²) < 4.78 is 6.19. The Labute approximate surface area is 173 Å². The molecule has 0 aliphatic rings. The summed E-state index contributed by atoms with van der Waals surface area (Å²) in [5.74, 6) is -1.73. The van der Waals surface area contributed by atoms with Crippen LogP contribution in [-0.4, -0.2) is 30.2 Å². The van der Waals surface area contributed by atoms with E-state index >= 15 is 0 Å². The van der Waals surface area contributed by atoms with Gasteiger partial charge in [-0.1, -0.05) is 12.1 Å². The maximum atomic E-state index is 12.2. The van der Waals surface area contributed by atoms with Crippen molar-refractivity contribution in [3.8, 4) is 11.5 Å². The molecular formula is C18H17Br2N3O4. The molecule has 0 fully saturated rings. The predicted octanol–water partition coefficient (Wildman–Crippen LogP) is 3.65. The van der Waals surface area contributed by atoms with E-state index in [2.05, 4.69) is 47.7 Å². The molecule has 0 aromatic heterocycles. The highest BCUT2D eigenvalue weighted by Gasteiger charge is 2.21. The Balaban J connectivity index is 1.98. The van der Waals surface area contributed by atoms with Gasteiger partial charge in [0, 0.05) is 4.47 Å². The zero-order chi connectivity index (χ0) is 20.0. The summed E-state index contributed by atoms with van der Waals surface area (Å²) in [4.78, 5) is 24.3. The number of amides is 2. The zero-order valence-corrected chi connectivity index (χ0v) is 17.7. The molecule has 0 aliphatic heterocycles. The van der Waals surface area contributed by atoms with Gasteiger partial charge in [-0.05, 0) is 68.6 Å². The van der Waals surface area contributed by atoms with E-state index in [0.29, 0.717) is 15.7 Å². The highest BCUT2D eigenvalue weighted by Crippen LogP contribution is 2.34. The van der Waals surface area contributed by atoms with Crippen molar-refractivity contribution in [2.24, 2.45) is 11.0 Å². The van der Waals surface area contributed by atoms with Crippen LogP contribution in [0.5, 0.6) is 11.5 Å². The van der Waals surface area contributed by atoms with Crippen molar-refractivity contribution in [1.82, 2.24) is 5.43 Å². The number of benzene rings is 2. The molecule has 7 nitrogen and oxygen atoms in total. The summed E-state index contributed by atoms with van der Waals surface area (Å²) in [6.07, 6.45) is 1.38. The Hall–Kier alpha value is -2.39.